The van der Waals surface area contributed by atoms with Crippen LogP contribution in [-0.2, 0) is 14.3 Å². The summed E-state index contributed by atoms with van der Waals surface area (Å²) in [7, 11) is 0. The zero-order valence-electron chi connectivity index (χ0n) is 13.5. The third-order valence-electron chi connectivity index (χ3n) is 4.13. The zero-order chi connectivity index (χ0) is 18.5. The van der Waals surface area contributed by atoms with Crippen molar-refractivity contribution in [3.63, 3.8) is 0 Å². The van der Waals surface area contributed by atoms with Gasteiger partial charge >= 0.3 is 18.1 Å². The molecule has 9 heteroatoms. The minimum absolute atomic E-state index is 0.170. The van der Waals surface area contributed by atoms with Crippen molar-refractivity contribution in [2.75, 3.05) is 6.61 Å². The van der Waals surface area contributed by atoms with Gasteiger partial charge in [-0.05, 0) is 39.5 Å². The molecule has 0 spiro atoms. The molecule has 24 heavy (non-hydrogen) atoms. The maximum Gasteiger partial charge on any atom is 0.431 e. The Morgan fingerprint density at radius 3 is 2.29 bits per heavy atom. The second-order valence-electron chi connectivity index (χ2n) is 5.94. The summed E-state index contributed by atoms with van der Waals surface area (Å²) in [6, 6.07) is -0.626. The number of carboxylic acid groups (broad SMARTS) is 1. The van der Waals surface area contributed by atoms with Crippen molar-refractivity contribution < 1.29 is 32.6 Å². The number of carbonyl (C=O) groups excluding carboxylic acids is 1. The molecule has 0 heterocycles. The Kier molecular flexibility index (Phi) is 6.39. The van der Waals surface area contributed by atoms with E-state index >= 15 is 0 Å². The number of rotatable bonds is 6. The normalized spacial score (nSPS) is 25.5. The Morgan fingerprint density at radius 1 is 1.38 bits per heavy atom. The van der Waals surface area contributed by atoms with E-state index in [1.165, 1.54) is 0 Å². The Hall–Kier alpha value is -2.06. The van der Waals surface area contributed by atoms with E-state index in [1.54, 1.807) is 13.8 Å². The summed E-state index contributed by atoms with van der Waals surface area (Å²) in [5, 5.41) is 18.0. The number of allylic oxidation sites excluding steroid dienone is 1. The average molecular weight is 350 g/mol. The molecule has 0 aromatic rings. The maximum absolute atomic E-state index is 13.1. The lowest BCUT2D eigenvalue weighted by atomic mass is 9.74. The molecule has 0 radical (unpaired) electrons. The molecule has 1 saturated carbocycles. The molecule has 6 nitrogen and oxygen atoms in total. The number of carboxylic acids is 1. The third kappa shape index (κ3) is 4.72. The van der Waals surface area contributed by atoms with E-state index in [-0.39, 0.29) is 31.6 Å². The summed E-state index contributed by atoms with van der Waals surface area (Å²) in [6.45, 7) is 3.62. The fourth-order valence-corrected chi connectivity index (χ4v) is 2.67. The van der Waals surface area contributed by atoms with Crippen LogP contribution in [0.1, 0.15) is 39.5 Å². The molecule has 3 N–H and O–H groups in total. The number of hydrogen-bond donors (Lipinski definition) is 3. The Balaban J connectivity index is 2.88. The van der Waals surface area contributed by atoms with Gasteiger partial charge in [0.1, 0.15) is 11.3 Å². The summed E-state index contributed by atoms with van der Waals surface area (Å²) in [4.78, 5) is 22.8. The predicted octanol–water partition coefficient (Wildman–Crippen LogP) is 2.64. The predicted molar refractivity (Wildman–Crippen MR) is 79.6 cm³/mol. The van der Waals surface area contributed by atoms with Gasteiger partial charge in [0, 0.05) is 12.3 Å². The molecule has 0 aromatic heterocycles. The second-order valence-corrected chi connectivity index (χ2v) is 5.94. The van der Waals surface area contributed by atoms with Gasteiger partial charge < -0.3 is 20.6 Å². The van der Waals surface area contributed by atoms with Gasteiger partial charge in [-0.3, -0.25) is 4.79 Å². The van der Waals surface area contributed by atoms with Gasteiger partial charge in [0.15, 0.2) is 0 Å². The molecule has 136 valence electrons. The standard InChI is InChI=1S/C15H21F3N2O4/c1-3-24-13(23)14(2)6-4-9(5-7-14)20-11(15(16,17)18)10(8-19)12(21)22/h8-9,19-20H,3-7H2,1-2H3,(H,21,22)/b11-10+,19-8?/t9-,14-. The fraction of sp³-hybridized carbons (Fsp3) is 0.667. The van der Waals surface area contributed by atoms with Crippen LogP contribution in [0.5, 0.6) is 0 Å². The fourth-order valence-electron chi connectivity index (χ4n) is 2.67. The molecule has 0 atom stereocenters. The van der Waals surface area contributed by atoms with Crippen molar-refractivity contribution >= 4 is 18.2 Å². The molecule has 0 saturated heterocycles. The smallest absolute Gasteiger partial charge is 0.431 e. The zero-order valence-corrected chi connectivity index (χ0v) is 13.5. The molecular formula is C15H21F3N2O4. The van der Waals surface area contributed by atoms with E-state index in [2.05, 4.69) is 5.32 Å². The highest BCUT2D eigenvalue weighted by Gasteiger charge is 2.42. The molecule has 1 fully saturated rings. The summed E-state index contributed by atoms with van der Waals surface area (Å²) in [5.41, 5.74) is -3.32. The topological polar surface area (TPSA) is 99.5 Å². The molecule has 0 aliphatic heterocycles. The number of hydrogen-bond acceptors (Lipinski definition) is 5. The summed E-state index contributed by atoms with van der Waals surface area (Å²) < 4.78 is 44.3. The van der Waals surface area contributed by atoms with E-state index in [4.69, 9.17) is 15.3 Å². The van der Waals surface area contributed by atoms with Crippen LogP contribution in [0.4, 0.5) is 13.2 Å². The van der Waals surface area contributed by atoms with Gasteiger partial charge in [-0.1, -0.05) is 0 Å². The highest BCUT2D eigenvalue weighted by Crippen LogP contribution is 2.38. The highest BCUT2D eigenvalue weighted by atomic mass is 19.4. The molecular weight excluding hydrogens is 329 g/mol. The van der Waals surface area contributed by atoms with Crippen LogP contribution in [0.25, 0.3) is 0 Å². The second kappa shape index (κ2) is 7.67. The Morgan fingerprint density at radius 2 is 1.92 bits per heavy atom. The van der Waals surface area contributed by atoms with Crippen molar-refractivity contribution in [3.8, 4) is 0 Å². The first-order chi connectivity index (χ1) is 11.0. The molecule has 0 unspecified atom stereocenters. The van der Waals surface area contributed by atoms with Gasteiger partial charge in [-0.2, -0.15) is 13.2 Å². The van der Waals surface area contributed by atoms with Crippen molar-refractivity contribution in [1.29, 1.82) is 5.41 Å². The highest BCUT2D eigenvalue weighted by molar-refractivity contribution is 6.08. The third-order valence-corrected chi connectivity index (χ3v) is 4.13. The molecule has 0 amide bonds. The summed E-state index contributed by atoms with van der Waals surface area (Å²) in [5.74, 6) is -2.20. The maximum atomic E-state index is 13.1. The molecule has 1 rings (SSSR count). The van der Waals surface area contributed by atoms with Crippen LogP contribution in [0, 0.1) is 10.8 Å². The van der Waals surface area contributed by atoms with Gasteiger partial charge in [0.05, 0.1) is 12.0 Å². The first-order valence-corrected chi connectivity index (χ1v) is 7.54. The van der Waals surface area contributed by atoms with Crippen LogP contribution in [0.15, 0.2) is 11.3 Å². The lowest BCUT2D eigenvalue weighted by Crippen LogP contribution is -2.43. The van der Waals surface area contributed by atoms with Crippen LogP contribution in [0.3, 0.4) is 0 Å². The van der Waals surface area contributed by atoms with E-state index in [0.717, 1.165) is 0 Å². The largest absolute Gasteiger partial charge is 0.478 e. The van der Waals surface area contributed by atoms with Crippen LogP contribution in [-0.4, -0.2) is 42.1 Å². The van der Waals surface area contributed by atoms with E-state index < -0.39 is 34.9 Å². The lowest BCUT2D eigenvalue weighted by molar-refractivity contribution is -0.156. The summed E-state index contributed by atoms with van der Waals surface area (Å²) >= 11 is 0. The number of aliphatic carboxylic acids is 1. The first kappa shape index (κ1) is 20.0. The van der Waals surface area contributed by atoms with Crippen molar-refractivity contribution in [1.82, 2.24) is 5.32 Å². The van der Waals surface area contributed by atoms with Crippen molar-refractivity contribution in [3.05, 3.63) is 11.3 Å². The van der Waals surface area contributed by atoms with Gasteiger partial charge in [-0.15, -0.1) is 0 Å². The number of ether oxygens (including phenoxy) is 1. The van der Waals surface area contributed by atoms with Crippen molar-refractivity contribution in [2.24, 2.45) is 5.41 Å². The van der Waals surface area contributed by atoms with Gasteiger partial charge in [-0.25, -0.2) is 4.79 Å². The van der Waals surface area contributed by atoms with E-state index in [1.807, 2.05) is 0 Å². The van der Waals surface area contributed by atoms with Crippen LogP contribution < -0.4 is 5.32 Å². The van der Waals surface area contributed by atoms with E-state index in [0.29, 0.717) is 12.8 Å². The quantitative estimate of drug-likeness (QED) is 0.388. The number of nitrogens with one attached hydrogen (secondary N) is 2. The number of halogens is 3. The van der Waals surface area contributed by atoms with Crippen LogP contribution in [0.2, 0.25) is 0 Å². The van der Waals surface area contributed by atoms with Gasteiger partial charge in [0.25, 0.3) is 0 Å². The minimum Gasteiger partial charge on any atom is -0.478 e. The lowest BCUT2D eigenvalue weighted by Gasteiger charge is -2.36. The van der Waals surface area contributed by atoms with Crippen molar-refractivity contribution in [2.45, 2.75) is 51.7 Å². The Labute approximate surface area is 137 Å². The molecule has 0 bridgehead atoms. The SMILES string of the molecule is CCOC(=O)[C@]1(C)CC[C@@H](N/C(=C(\C=N)C(=O)O)C(F)(F)F)CC1. The molecule has 0 aromatic carbocycles. The van der Waals surface area contributed by atoms with Gasteiger partial charge in [0.2, 0.25) is 0 Å². The number of carbonyl (C=O) groups is 2. The monoisotopic (exact) mass is 350 g/mol. The molecule has 1 aliphatic carbocycles. The average Bonchev–Trinajstić information content (AvgIpc) is 2.48. The van der Waals surface area contributed by atoms with Crippen LogP contribution >= 0.6 is 0 Å². The first-order valence-electron chi connectivity index (χ1n) is 7.54. The Bertz CT molecular complexity index is 535. The minimum atomic E-state index is -4.91. The van der Waals surface area contributed by atoms with E-state index in [9.17, 15) is 22.8 Å². The number of alkyl halides is 3. The summed E-state index contributed by atoms with van der Waals surface area (Å²) in [6.07, 6.45) is -3.54. The number of esters is 1. The molecule has 1 aliphatic rings.